The van der Waals surface area contributed by atoms with Gasteiger partial charge in [-0.1, -0.05) is 0 Å². The Labute approximate surface area is 175 Å². The molecule has 2 N–H and O–H groups in total. The fourth-order valence-corrected chi connectivity index (χ4v) is 5.00. The maximum Gasteiger partial charge on any atom is 0.261 e. The number of anilines is 2. The Morgan fingerprint density at radius 1 is 1.17 bits per heavy atom. The van der Waals surface area contributed by atoms with Gasteiger partial charge >= 0.3 is 0 Å². The lowest BCUT2D eigenvalue weighted by Crippen LogP contribution is -2.45. The summed E-state index contributed by atoms with van der Waals surface area (Å²) in [5.74, 6) is 1.86. The van der Waals surface area contributed by atoms with E-state index in [4.69, 9.17) is 0 Å². The van der Waals surface area contributed by atoms with E-state index >= 15 is 0 Å². The molecule has 2 aliphatic rings. The summed E-state index contributed by atoms with van der Waals surface area (Å²) in [5, 5.41) is 12.9. The number of aryl methyl sites for hydroxylation is 1. The van der Waals surface area contributed by atoms with Crippen molar-refractivity contribution in [3.05, 3.63) is 34.3 Å². The van der Waals surface area contributed by atoms with E-state index in [2.05, 4.69) is 25.1 Å². The van der Waals surface area contributed by atoms with E-state index in [1.165, 1.54) is 11.3 Å². The molecule has 2 fully saturated rings. The summed E-state index contributed by atoms with van der Waals surface area (Å²) in [6, 6.07) is 6.27. The molecule has 0 saturated carbocycles. The van der Waals surface area contributed by atoms with Crippen LogP contribution in [0.4, 0.5) is 11.6 Å². The number of aromatic nitrogens is 2. The van der Waals surface area contributed by atoms with Gasteiger partial charge in [-0.2, -0.15) is 0 Å². The molecule has 29 heavy (non-hydrogen) atoms. The largest absolute Gasteiger partial charge is 0.394 e. The van der Waals surface area contributed by atoms with E-state index in [0.29, 0.717) is 0 Å². The van der Waals surface area contributed by atoms with Gasteiger partial charge in [-0.15, -0.1) is 11.3 Å². The van der Waals surface area contributed by atoms with E-state index in [1.54, 1.807) is 6.33 Å². The first kappa shape index (κ1) is 20.1. The monoisotopic (exact) mass is 415 g/mol. The molecule has 1 unspecified atom stereocenters. The zero-order valence-electron chi connectivity index (χ0n) is 16.9. The number of hydrogen-bond donors (Lipinski definition) is 2. The van der Waals surface area contributed by atoms with Crippen LogP contribution in [0.5, 0.6) is 0 Å². The molecule has 2 saturated heterocycles. The molecule has 0 bridgehead atoms. The third-order valence-electron chi connectivity index (χ3n) is 5.89. The second kappa shape index (κ2) is 9.09. The number of carbonyl (C=O) groups is 1. The van der Waals surface area contributed by atoms with Crippen molar-refractivity contribution in [3.63, 3.8) is 0 Å². The van der Waals surface area contributed by atoms with Crippen LogP contribution in [0.15, 0.2) is 24.5 Å². The van der Waals surface area contributed by atoms with Crippen molar-refractivity contribution in [3.8, 4) is 0 Å². The van der Waals surface area contributed by atoms with Gasteiger partial charge in [0, 0.05) is 36.6 Å². The summed E-state index contributed by atoms with van der Waals surface area (Å²) in [5.41, 5.74) is 0. The van der Waals surface area contributed by atoms with Crippen LogP contribution in [0, 0.1) is 6.92 Å². The van der Waals surface area contributed by atoms with Crippen LogP contribution >= 0.6 is 11.3 Å². The molecule has 0 aliphatic carbocycles. The first-order valence-electron chi connectivity index (χ1n) is 10.5. The summed E-state index contributed by atoms with van der Waals surface area (Å²) in [4.78, 5) is 27.8. The zero-order valence-corrected chi connectivity index (χ0v) is 17.7. The van der Waals surface area contributed by atoms with Crippen molar-refractivity contribution in [1.82, 2.24) is 15.3 Å². The molecule has 4 heterocycles. The number of nitrogens with zero attached hydrogens (tertiary/aromatic N) is 4. The maximum absolute atomic E-state index is 12.4. The molecule has 0 spiro atoms. The van der Waals surface area contributed by atoms with Gasteiger partial charge in [0.1, 0.15) is 18.0 Å². The smallest absolute Gasteiger partial charge is 0.261 e. The summed E-state index contributed by atoms with van der Waals surface area (Å²) in [6.45, 7) is 4.82. The van der Waals surface area contributed by atoms with Gasteiger partial charge in [0.2, 0.25) is 0 Å². The first-order chi connectivity index (χ1) is 14.1. The summed E-state index contributed by atoms with van der Waals surface area (Å²) in [6.07, 6.45) is 6.72. The molecular formula is C21H29N5O2S. The van der Waals surface area contributed by atoms with Crippen LogP contribution in [0.2, 0.25) is 0 Å². The van der Waals surface area contributed by atoms with Crippen LogP contribution in [-0.4, -0.2) is 59.3 Å². The molecule has 4 rings (SSSR count). The lowest BCUT2D eigenvalue weighted by Gasteiger charge is -2.37. The number of aliphatic hydroxyl groups excluding tert-OH is 1. The molecule has 156 valence electrons. The molecule has 0 aromatic carbocycles. The molecule has 8 heteroatoms. The predicted molar refractivity (Wildman–Crippen MR) is 116 cm³/mol. The summed E-state index contributed by atoms with van der Waals surface area (Å²) >= 11 is 1.54. The van der Waals surface area contributed by atoms with Gasteiger partial charge in [-0.25, -0.2) is 9.97 Å². The average Bonchev–Trinajstić information content (AvgIpc) is 3.21. The Bertz CT molecular complexity index is 834. The molecular weight excluding hydrogens is 386 g/mol. The van der Waals surface area contributed by atoms with Crippen molar-refractivity contribution in [2.24, 2.45) is 0 Å². The normalized spacial score (nSPS) is 20.7. The third kappa shape index (κ3) is 4.70. The fourth-order valence-electron chi connectivity index (χ4n) is 4.23. The van der Waals surface area contributed by atoms with Crippen molar-refractivity contribution in [1.29, 1.82) is 0 Å². The van der Waals surface area contributed by atoms with Gasteiger partial charge in [0.25, 0.3) is 5.91 Å². The molecule has 2 aromatic rings. The summed E-state index contributed by atoms with van der Waals surface area (Å²) in [7, 11) is 0. The van der Waals surface area contributed by atoms with Crippen molar-refractivity contribution in [2.45, 2.75) is 51.1 Å². The second-order valence-electron chi connectivity index (χ2n) is 7.91. The van der Waals surface area contributed by atoms with Gasteiger partial charge < -0.3 is 20.2 Å². The van der Waals surface area contributed by atoms with Crippen LogP contribution < -0.4 is 15.1 Å². The molecule has 0 radical (unpaired) electrons. The number of thiophene rings is 1. The first-order valence-corrected chi connectivity index (χ1v) is 11.3. The zero-order chi connectivity index (χ0) is 20.2. The Morgan fingerprint density at radius 2 is 1.97 bits per heavy atom. The quantitative estimate of drug-likeness (QED) is 0.781. The van der Waals surface area contributed by atoms with Crippen molar-refractivity contribution < 1.29 is 9.90 Å². The maximum atomic E-state index is 12.4. The van der Waals surface area contributed by atoms with Crippen LogP contribution in [0.25, 0.3) is 0 Å². The topological polar surface area (TPSA) is 81.6 Å². The number of aliphatic hydroxyl groups is 1. The van der Waals surface area contributed by atoms with E-state index in [-0.39, 0.29) is 24.6 Å². The average molecular weight is 416 g/mol. The van der Waals surface area contributed by atoms with E-state index in [1.807, 2.05) is 25.1 Å². The van der Waals surface area contributed by atoms with Crippen LogP contribution in [-0.2, 0) is 0 Å². The van der Waals surface area contributed by atoms with Crippen molar-refractivity contribution in [2.75, 3.05) is 36.0 Å². The molecule has 2 aromatic heterocycles. The minimum absolute atomic E-state index is 0.0333. The minimum Gasteiger partial charge on any atom is -0.394 e. The Hall–Kier alpha value is -2.19. The number of hydrogen-bond acceptors (Lipinski definition) is 7. The molecule has 2 aliphatic heterocycles. The lowest BCUT2D eigenvalue weighted by atomic mass is 10.0. The molecule has 1 atom stereocenters. The van der Waals surface area contributed by atoms with E-state index < -0.39 is 0 Å². The second-order valence-corrected chi connectivity index (χ2v) is 9.19. The standard InChI is InChI=1S/C21H29N5O2S/c1-15-5-6-18(29-15)21(28)24-16-7-10-25(11-8-16)19-12-20(23-14-22-19)26-9-3-2-4-17(26)13-27/h5-6,12,14,16-17,27H,2-4,7-11,13H2,1H3,(H,24,28). The molecule has 7 nitrogen and oxygen atoms in total. The number of carbonyl (C=O) groups excluding carboxylic acids is 1. The van der Waals surface area contributed by atoms with E-state index in [9.17, 15) is 9.90 Å². The minimum atomic E-state index is 0.0333. The Kier molecular flexibility index (Phi) is 6.30. The Balaban J connectivity index is 1.35. The summed E-state index contributed by atoms with van der Waals surface area (Å²) < 4.78 is 0. The highest BCUT2D eigenvalue weighted by atomic mass is 32.1. The van der Waals surface area contributed by atoms with Gasteiger partial charge in [-0.3, -0.25) is 4.79 Å². The third-order valence-corrected chi connectivity index (χ3v) is 6.89. The number of nitrogens with one attached hydrogen (secondary N) is 1. The Morgan fingerprint density at radius 3 is 2.69 bits per heavy atom. The number of rotatable bonds is 5. The van der Waals surface area contributed by atoms with E-state index in [0.717, 1.165) is 73.1 Å². The van der Waals surface area contributed by atoms with Crippen LogP contribution in [0.3, 0.4) is 0 Å². The number of amides is 1. The predicted octanol–water partition coefficient (Wildman–Crippen LogP) is 2.60. The van der Waals surface area contributed by atoms with Gasteiger partial charge in [0.05, 0.1) is 17.5 Å². The highest BCUT2D eigenvalue weighted by Crippen LogP contribution is 2.26. The van der Waals surface area contributed by atoms with Crippen molar-refractivity contribution >= 4 is 28.9 Å². The van der Waals surface area contributed by atoms with Gasteiger partial charge in [0.15, 0.2) is 0 Å². The highest BCUT2D eigenvalue weighted by Gasteiger charge is 2.26. The highest BCUT2D eigenvalue weighted by molar-refractivity contribution is 7.13. The SMILES string of the molecule is Cc1ccc(C(=O)NC2CCN(c3cc(N4CCCCC4CO)ncn3)CC2)s1. The van der Waals surface area contributed by atoms with Gasteiger partial charge in [-0.05, 0) is 51.2 Å². The number of piperidine rings is 2. The lowest BCUT2D eigenvalue weighted by molar-refractivity contribution is 0.0935. The molecule has 1 amide bonds. The fraction of sp³-hybridized carbons (Fsp3) is 0.571. The van der Waals surface area contributed by atoms with Crippen LogP contribution in [0.1, 0.15) is 46.7 Å².